The van der Waals surface area contributed by atoms with E-state index in [1.54, 1.807) is 24.8 Å². The molecule has 1 aromatic rings. The van der Waals surface area contributed by atoms with Gasteiger partial charge in [0.25, 0.3) is 0 Å². The fourth-order valence-electron chi connectivity index (χ4n) is 2.16. The molecule has 0 bridgehead atoms. The van der Waals surface area contributed by atoms with Gasteiger partial charge in [0.2, 0.25) is 5.91 Å². The van der Waals surface area contributed by atoms with Crippen LogP contribution in [0.15, 0.2) is 12.1 Å². The summed E-state index contributed by atoms with van der Waals surface area (Å²) in [5, 5.41) is 1.25. The Hall–Kier alpha value is -0.770. The molecule has 1 aliphatic rings. The van der Waals surface area contributed by atoms with Crippen molar-refractivity contribution in [3.63, 3.8) is 0 Å². The van der Waals surface area contributed by atoms with E-state index in [1.165, 1.54) is 0 Å². The van der Waals surface area contributed by atoms with Gasteiger partial charge < -0.3 is 10.6 Å². The highest BCUT2D eigenvalue weighted by Gasteiger charge is 2.30. The summed E-state index contributed by atoms with van der Waals surface area (Å²) in [7, 11) is 0. The number of nitrogens with zero attached hydrogens (tertiary/aromatic N) is 1. The van der Waals surface area contributed by atoms with E-state index >= 15 is 0 Å². The van der Waals surface area contributed by atoms with Crippen molar-refractivity contribution >= 4 is 29.1 Å². The zero-order chi connectivity index (χ0) is 13.5. The van der Waals surface area contributed by atoms with Crippen molar-refractivity contribution in [1.29, 1.82) is 0 Å². The van der Waals surface area contributed by atoms with Gasteiger partial charge in [-0.1, -0.05) is 23.2 Å². The molecule has 2 rings (SSSR count). The quantitative estimate of drug-likeness (QED) is 0.863. The van der Waals surface area contributed by atoms with Crippen LogP contribution in [0.1, 0.15) is 25.0 Å². The summed E-state index contributed by atoms with van der Waals surface area (Å²) in [5.74, 6) is -0.0563. The molecule has 0 fully saturated rings. The lowest BCUT2D eigenvalue weighted by Crippen LogP contribution is -2.52. The van der Waals surface area contributed by atoms with E-state index in [4.69, 9.17) is 28.9 Å². The molecule has 1 heterocycles. The minimum atomic E-state index is -0.851. The van der Waals surface area contributed by atoms with Gasteiger partial charge in [0.1, 0.15) is 0 Å². The van der Waals surface area contributed by atoms with Crippen molar-refractivity contribution in [2.45, 2.75) is 32.4 Å². The molecule has 0 aromatic heterocycles. The number of amides is 1. The standard InChI is InChI=1S/C13H16Cl2N2O/c1-13(2,16)12(18)17-4-3-8-5-9(14)6-11(15)10(8)7-17/h5-6H,3-4,7,16H2,1-2H3. The van der Waals surface area contributed by atoms with Crippen molar-refractivity contribution in [3.8, 4) is 0 Å². The third kappa shape index (κ3) is 2.63. The molecule has 3 nitrogen and oxygen atoms in total. The van der Waals surface area contributed by atoms with E-state index in [1.807, 2.05) is 6.07 Å². The molecule has 0 unspecified atom stereocenters. The van der Waals surface area contributed by atoms with Crippen molar-refractivity contribution in [3.05, 3.63) is 33.3 Å². The monoisotopic (exact) mass is 286 g/mol. The topological polar surface area (TPSA) is 46.3 Å². The summed E-state index contributed by atoms with van der Waals surface area (Å²) in [6.45, 7) is 4.59. The summed E-state index contributed by atoms with van der Waals surface area (Å²) in [6.07, 6.45) is 0.761. The van der Waals surface area contributed by atoms with E-state index in [-0.39, 0.29) is 5.91 Å². The number of nitrogens with two attached hydrogens (primary N) is 1. The SMILES string of the molecule is CC(C)(N)C(=O)N1CCc2cc(Cl)cc(Cl)c2C1. The molecular formula is C13H16Cl2N2O. The zero-order valence-electron chi connectivity index (χ0n) is 10.5. The van der Waals surface area contributed by atoms with Crippen LogP contribution in [0.4, 0.5) is 0 Å². The Balaban J connectivity index is 2.28. The lowest BCUT2D eigenvalue weighted by atomic mass is 9.97. The van der Waals surface area contributed by atoms with E-state index in [0.717, 1.165) is 17.5 Å². The van der Waals surface area contributed by atoms with Crippen LogP contribution in [-0.4, -0.2) is 22.9 Å². The van der Waals surface area contributed by atoms with E-state index in [9.17, 15) is 4.79 Å². The van der Waals surface area contributed by atoms with Crippen molar-refractivity contribution in [2.75, 3.05) is 6.54 Å². The van der Waals surface area contributed by atoms with Crippen LogP contribution in [0.2, 0.25) is 10.0 Å². The molecular weight excluding hydrogens is 271 g/mol. The molecule has 18 heavy (non-hydrogen) atoms. The second-order valence-electron chi connectivity index (χ2n) is 5.22. The first-order valence-electron chi connectivity index (χ1n) is 5.84. The fourth-order valence-corrected chi connectivity index (χ4v) is 2.76. The Morgan fingerprint density at radius 3 is 2.67 bits per heavy atom. The summed E-state index contributed by atoms with van der Waals surface area (Å²) in [5.41, 5.74) is 7.09. The average molecular weight is 287 g/mol. The number of carbonyl (C=O) groups excluding carboxylic acids is 1. The van der Waals surface area contributed by atoms with Crippen LogP contribution in [0.5, 0.6) is 0 Å². The van der Waals surface area contributed by atoms with Crippen molar-refractivity contribution in [2.24, 2.45) is 5.73 Å². The predicted molar refractivity (Wildman–Crippen MR) is 73.8 cm³/mol. The van der Waals surface area contributed by atoms with Gasteiger partial charge in [0.05, 0.1) is 5.54 Å². The Bertz CT molecular complexity index is 494. The Morgan fingerprint density at radius 1 is 1.39 bits per heavy atom. The maximum absolute atomic E-state index is 12.1. The van der Waals surface area contributed by atoms with Crippen LogP contribution in [0.3, 0.4) is 0 Å². The van der Waals surface area contributed by atoms with Crippen LogP contribution in [0.25, 0.3) is 0 Å². The molecule has 1 amide bonds. The molecule has 0 radical (unpaired) electrons. The third-order valence-corrected chi connectivity index (χ3v) is 3.65. The molecule has 1 aliphatic heterocycles. The lowest BCUT2D eigenvalue weighted by Gasteiger charge is -2.34. The number of hydrogen-bond donors (Lipinski definition) is 1. The molecule has 0 aliphatic carbocycles. The number of hydrogen-bond acceptors (Lipinski definition) is 2. The summed E-state index contributed by atoms with van der Waals surface area (Å²) in [4.78, 5) is 13.9. The highest BCUT2D eigenvalue weighted by molar-refractivity contribution is 6.35. The molecule has 98 valence electrons. The third-order valence-electron chi connectivity index (χ3n) is 3.09. The molecule has 0 spiro atoms. The number of carbonyl (C=O) groups is 1. The van der Waals surface area contributed by atoms with Gasteiger partial charge in [0.15, 0.2) is 0 Å². The summed E-state index contributed by atoms with van der Waals surface area (Å²) >= 11 is 12.1. The second kappa shape index (κ2) is 4.72. The van der Waals surface area contributed by atoms with Crippen LogP contribution in [0, 0.1) is 0 Å². The van der Waals surface area contributed by atoms with Gasteiger partial charge in [-0.15, -0.1) is 0 Å². The first-order chi connectivity index (χ1) is 8.29. The molecule has 5 heteroatoms. The van der Waals surface area contributed by atoms with Gasteiger partial charge >= 0.3 is 0 Å². The number of fused-ring (bicyclic) bond motifs is 1. The maximum Gasteiger partial charge on any atom is 0.242 e. The Labute approximate surface area is 117 Å². The minimum absolute atomic E-state index is 0.0563. The number of rotatable bonds is 1. The van der Waals surface area contributed by atoms with Crippen molar-refractivity contribution < 1.29 is 4.79 Å². The van der Waals surface area contributed by atoms with Gasteiger partial charge in [-0.25, -0.2) is 0 Å². The summed E-state index contributed by atoms with van der Waals surface area (Å²) < 4.78 is 0. The normalized spacial score (nSPS) is 15.5. The highest BCUT2D eigenvalue weighted by Crippen LogP contribution is 2.30. The number of benzene rings is 1. The van der Waals surface area contributed by atoms with E-state index < -0.39 is 5.54 Å². The highest BCUT2D eigenvalue weighted by atomic mass is 35.5. The smallest absolute Gasteiger partial charge is 0.242 e. The first-order valence-corrected chi connectivity index (χ1v) is 6.59. The van der Waals surface area contributed by atoms with Crippen LogP contribution >= 0.6 is 23.2 Å². The largest absolute Gasteiger partial charge is 0.336 e. The summed E-state index contributed by atoms with van der Waals surface area (Å²) in [6, 6.07) is 3.63. The minimum Gasteiger partial charge on any atom is -0.336 e. The molecule has 2 N–H and O–H groups in total. The van der Waals surface area contributed by atoms with E-state index in [0.29, 0.717) is 23.1 Å². The second-order valence-corrected chi connectivity index (χ2v) is 6.07. The predicted octanol–water partition coefficient (Wildman–Crippen LogP) is 2.62. The molecule has 0 saturated heterocycles. The first kappa shape index (κ1) is 13.7. The number of halogens is 2. The van der Waals surface area contributed by atoms with Gasteiger partial charge in [-0.05, 0) is 43.5 Å². The molecule has 1 aromatic carbocycles. The average Bonchev–Trinajstić information content (AvgIpc) is 2.26. The van der Waals surface area contributed by atoms with Gasteiger partial charge in [-0.2, -0.15) is 0 Å². The van der Waals surface area contributed by atoms with Crippen LogP contribution in [-0.2, 0) is 17.8 Å². The fraction of sp³-hybridized carbons (Fsp3) is 0.462. The maximum atomic E-state index is 12.1. The Morgan fingerprint density at radius 2 is 2.06 bits per heavy atom. The lowest BCUT2D eigenvalue weighted by molar-refractivity contribution is -0.136. The van der Waals surface area contributed by atoms with Crippen LogP contribution < -0.4 is 5.73 Å². The molecule has 0 saturated carbocycles. The molecule has 0 atom stereocenters. The zero-order valence-corrected chi connectivity index (χ0v) is 12.0. The Kier molecular flexibility index (Phi) is 3.58. The van der Waals surface area contributed by atoms with Gasteiger partial charge in [0, 0.05) is 23.1 Å². The van der Waals surface area contributed by atoms with Gasteiger partial charge in [-0.3, -0.25) is 4.79 Å². The van der Waals surface area contributed by atoms with Crippen molar-refractivity contribution in [1.82, 2.24) is 4.90 Å². The van der Waals surface area contributed by atoms with E-state index in [2.05, 4.69) is 0 Å².